The van der Waals surface area contributed by atoms with Crippen LogP contribution in [0.2, 0.25) is 5.02 Å². The van der Waals surface area contributed by atoms with Crippen LogP contribution in [0.15, 0.2) is 48.5 Å². The highest BCUT2D eigenvalue weighted by Crippen LogP contribution is 2.20. The standard InChI is InChI=1S/C16H17ClN2O2/c1-12-8-9-14(10-15(12)17)18-16(20)19(21-2)11-13-6-4-3-5-7-13/h3-10H,11H2,1-2H3,(H,18,20). The number of carbonyl (C=O) groups is 1. The van der Waals surface area contributed by atoms with E-state index in [0.717, 1.165) is 11.1 Å². The van der Waals surface area contributed by atoms with Gasteiger partial charge in [0.1, 0.15) is 0 Å². The minimum absolute atomic E-state index is 0.346. The molecule has 0 spiro atoms. The number of urea groups is 1. The fraction of sp³-hybridized carbons (Fsp3) is 0.188. The number of hydrogen-bond donors (Lipinski definition) is 1. The van der Waals surface area contributed by atoms with Crippen LogP contribution in [0.25, 0.3) is 0 Å². The maximum atomic E-state index is 12.2. The monoisotopic (exact) mass is 304 g/mol. The lowest BCUT2D eigenvalue weighted by molar-refractivity contribution is -0.0886. The topological polar surface area (TPSA) is 41.6 Å². The third kappa shape index (κ3) is 4.21. The number of hydrogen-bond acceptors (Lipinski definition) is 2. The molecule has 0 aliphatic heterocycles. The number of rotatable bonds is 4. The molecule has 0 radical (unpaired) electrons. The number of nitrogens with one attached hydrogen (secondary N) is 1. The molecule has 0 unspecified atom stereocenters. The molecule has 2 aromatic rings. The van der Waals surface area contributed by atoms with Crippen molar-refractivity contribution >= 4 is 23.3 Å². The summed E-state index contributed by atoms with van der Waals surface area (Å²) in [6.07, 6.45) is 0. The van der Waals surface area contributed by atoms with E-state index in [1.807, 2.05) is 43.3 Å². The van der Waals surface area contributed by atoms with Gasteiger partial charge in [-0.2, -0.15) is 5.06 Å². The lowest BCUT2D eigenvalue weighted by Gasteiger charge is -2.20. The fourth-order valence-corrected chi connectivity index (χ4v) is 2.01. The molecule has 0 saturated heterocycles. The van der Waals surface area contributed by atoms with E-state index in [0.29, 0.717) is 17.3 Å². The summed E-state index contributed by atoms with van der Waals surface area (Å²) in [6, 6.07) is 14.6. The number of nitrogens with zero attached hydrogens (tertiary/aromatic N) is 1. The van der Waals surface area contributed by atoms with Gasteiger partial charge in [0.05, 0.1) is 13.7 Å². The van der Waals surface area contributed by atoms with E-state index in [2.05, 4.69) is 5.32 Å². The fourth-order valence-electron chi connectivity index (χ4n) is 1.82. The zero-order valence-corrected chi connectivity index (χ0v) is 12.7. The van der Waals surface area contributed by atoms with Gasteiger partial charge in [-0.15, -0.1) is 0 Å². The van der Waals surface area contributed by atoms with E-state index in [9.17, 15) is 4.79 Å². The molecule has 0 atom stereocenters. The number of halogens is 1. The third-order valence-corrected chi connectivity index (χ3v) is 3.45. The van der Waals surface area contributed by atoms with Crippen molar-refractivity contribution in [3.63, 3.8) is 0 Å². The molecule has 0 aliphatic rings. The van der Waals surface area contributed by atoms with Gasteiger partial charge < -0.3 is 5.32 Å². The van der Waals surface area contributed by atoms with Crippen LogP contribution in [-0.4, -0.2) is 18.2 Å². The predicted octanol–water partition coefficient (Wildman–Crippen LogP) is 4.24. The van der Waals surface area contributed by atoms with Gasteiger partial charge >= 0.3 is 6.03 Å². The number of hydroxylamine groups is 2. The molecule has 0 fully saturated rings. The highest BCUT2D eigenvalue weighted by Gasteiger charge is 2.14. The summed E-state index contributed by atoms with van der Waals surface area (Å²) in [5.41, 5.74) is 2.57. The smallest absolute Gasteiger partial charge is 0.306 e. The quantitative estimate of drug-likeness (QED) is 0.858. The second kappa shape index (κ2) is 7.11. The van der Waals surface area contributed by atoms with Crippen LogP contribution >= 0.6 is 11.6 Å². The summed E-state index contributed by atoms with van der Waals surface area (Å²) in [4.78, 5) is 17.3. The number of carbonyl (C=O) groups excluding carboxylic acids is 1. The van der Waals surface area contributed by atoms with Crippen LogP contribution in [-0.2, 0) is 11.4 Å². The third-order valence-electron chi connectivity index (χ3n) is 3.04. The lowest BCUT2D eigenvalue weighted by Crippen LogP contribution is -2.33. The average molecular weight is 305 g/mol. The Morgan fingerprint density at radius 2 is 1.95 bits per heavy atom. The van der Waals surface area contributed by atoms with Crippen LogP contribution in [0.3, 0.4) is 0 Å². The van der Waals surface area contributed by atoms with Crippen molar-refractivity contribution in [1.29, 1.82) is 0 Å². The Labute approximate surface area is 129 Å². The van der Waals surface area contributed by atoms with Crippen LogP contribution in [0.1, 0.15) is 11.1 Å². The molecular formula is C16H17ClN2O2. The maximum Gasteiger partial charge on any atom is 0.346 e. The molecule has 110 valence electrons. The molecule has 2 amide bonds. The minimum atomic E-state index is -0.346. The highest BCUT2D eigenvalue weighted by atomic mass is 35.5. The summed E-state index contributed by atoms with van der Waals surface area (Å²) in [5.74, 6) is 0. The molecular weight excluding hydrogens is 288 g/mol. The maximum absolute atomic E-state index is 12.2. The zero-order valence-electron chi connectivity index (χ0n) is 12.0. The minimum Gasteiger partial charge on any atom is -0.306 e. The largest absolute Gasteiger partial charge is 0.346 e. The van der Waals surface area contributed by atoms with Crippen LogP contribution in [0.5, 0.6) is 0 Å². The Bertz CT molecular complexity index is 617. The van der Waals surface area contributed by atoms with Crippen LogP contribution < -0.4 is 5.32 Å². The lowest BCUT2D eigenvalue weighted by atomic mass is 10.2. The molecule has 2 aromatic carbocycles. The van der Waals surface area contributed by atoms with E-state index in [1.165, 1.54) is 12.2 Å². The molecule has 4 nitrogen and oxygen atoms in total. The number of benzene rings is 2. The van der Waals surface area contributed by atoms with Crippen LogP contribution in [0, 0.1) is 6.92 Å². The van der Waals surface area contributed by atoms with Crippen molar-refractivity contribution in [2.24, 2.45) is 0 Å². The van der Waals surface area contributed by atoms with Gasteiger partial charge in [-0.25, -0.2) is 4.79 Å². The van der Waals surface area contributed by atoms with Gasteiger partial charge in [0, 0.05) is 10.7 Å². The van der Waals surface area contributed by atoms with E-state index in [1.54, 1.807) is 12.1 Å². The van der Waals surface area contributed by atoms with Gasteiger partial charge in [-0.3, -0.25) is 4.84 Å². The predicted molar refractivity (Wildman–Crippen MR) is 84.2 cm³/mol. The summed E-state index contributed by atoms with van der Waals surface area (Å²) in [6.45, 7) is 2.27. The van der Waals surface area contributed by atoms with Gasteiger partial charge in [-0.05, 0) is 30.2 Å². The number of amides is 2. The Morgan fingerprint density at radius 3 is 2.57 bits per heavy atom. The van der Waals surface area contributed by atoms with Crippen molar-refractivity contribution in [2.45, 2.75) is 13.5 Å². The first-order chi connectivity index (χ1) is 10.1. The number of aryl methyl sites for hydroxylation is 1. The van der Waals surface area contributed by atoms with Gasteiger partial charge in [0.2, 0.25) is 0 Å². The molecule has 0 saturated carbocycles. The molecule has 0 aliphatic carbocycles. The Hall–Kier alpha value is -2.04. The Morgan fingerprint density at radius 1 is 1.24 bits per heavy atom. The summed E-state index contributed by atoms with van der Waals surface area (Å²) in [5, 5.41) is 4.62. The Balaban J connectivity index is 2.04. The van der Waals surface area contributed by atoms with Crippen molar-refractivity contribution in [3.8, 4) is 0 Å². The molecule has 2 rings (SSSR count). The van der Waals surface area contributed by atoms with Crippen molar-refractivity contribution in [1.82, 2.24) is 5.06 Å². The molecule has 21 heavy (non-hydrogen) atoms. The van der Waals surface area contributed by atoms with Crippen molar-refractivity contribution in [2.75, 3.05) is 12.4 Å². The average Bonchev–Trinajstić information content (AvgIpc) is 2.49. The second-order valence-corrected chi connectivity index (χ2v) is 5.01. The van der Waals surface area contributed by atoms with Crippen molar-refractivity contribution in [3.05, 3.63) is 64.7 Å². The SMILES string of the molecule is CON(Cc1ccccc1)C(=O)Nc1ccc(C)c(Cl)c1. The first kappa shape index (κ1) is 15.4. The van der Waals surface area contributed by atoms with E-state index in [-0.39, 0.29) is 6.03 Å². The van der Waals surface area contributed by atoms with Gasteiger partial charge in [0.15, 0.2) is 0 Å². The second-order valence-electron chi connectivity index (χ2n) is 4.60. The summed E-state index contributed by atoms with van der Waals surface area (Å²) >= 11 is 6.04. The normalized spacial score (nSPS) is 10.2. The molecule has 0 bridgehead atoms. The Kier molecular flexibility index (Phi) is 5.20. The van der Waals surface area contributed by atoms with E-state index < -0.39 is 0 Å². The van der Waals surface area contributed by atoms with Gasteiger partial charge in [0.25, 0.3) is 0 Å². The van der Waals surface area contributed by atoms with Crippen LogP contribution in [0.4, 0.5) is 10.5 Å². The highest BCUT2D eigenvalue weighted by molar-refractivity contribution is 6.31. The zero-order chi connectivity index (χ0) is 15.2. The summed E-state index contributed by atoms with van der Waals surface area (Å²) in [7, 11) is 1.46. The first-order valence-electron chi connectivity index (χ1n) is 6.53. The molecule has 1 N–H and O–H groups in total. The molecule has 5 heteroatoms. The first-order valence-corrected chi connectivity index (χ1v) is 6.90. The van der Waals surface area contributed by atoms with Gasteiger partial charge in [-0.1, -0.05) is 48.0 Å². The number of anilines is 1. The van der Waals surface area contributed by atoms with Crippen molar-refractivity contribution < 1.29 is 9.63 Å². The van der Waals surface area contributed by atoms with E-state index >= 15 is 0 Å². The van der Waals surface area contributed by atoms with E-state index in [4.69, 9.17) is 16.4 Å². The molecule has 0 aromatic heterocycles. The molecule has 0 heterocycles. The summed E-state index contributed by atoms with van der Waals surface area (Å²) < 4.78 is 0.